The van der Waals surface area contributed by atoms with Gasteiger partial charge >= 0.3 is 5.97 Å². The Morgan fingerprint density at radius 1 is 1.03 bits per heavy atom. The Balaban J connectivity index is 1.51. The number of anilines is 2. The van der Waals surface area contributed by atoms with Gasteiger partial charge in [0.1, 0.15) is 12.3 Å². The molecule has 9 heteroatoms. The Labute approximate surface area is 219 Å². The van der Waals surface area contributed by atoms with Gasteiger partial charge in [-0.25, -0.2) is 4.79 Å². The molecule has 3 amide bonds. The Hall–Kier alpha value is -4.79. The third-order valence-corrected chi connectivity index (χ3v) is 6.78. The number of hydrogen-bond acceptors (Lipinski definition) is 5. The molecular weight excluding hydrogens is 484 g/mol. The lowest BCUT2D eigenvalue weighted by molar-refractivity contribution is -0.133. The fourth-order valence-electron chi connectivity index (χ4n) is 4.81. The van der Waals surface area contributed by atoms with Crippen molar-refractivity contribution in [3.05, 3.63) is 89.0 Å². The van der Waals surface area contributed by atoms with E-state index in [4.69, 9.17) is 4.99 Å². The molecule has 0 spiro atoms. The van der Waals surface area contributed by atoms with Gasteiger partial charge in [-0.1, -0.05) is 36.4 Å². The van der Waals surface area contributed by atoms with Crippen molar-refractivity contribution in [2.75, 3.05) is 30.9 Å². The summed E-state index contributed by atoms with van der Waals surface area (Å²) in [5, 5.41) is 12.2. The third kappa shape index (κ3) is 4.66. The van der Waals surface area contributed by atoms with Gasteiger partial charge in [-0.15, -0.1) is 0 Å². The molecule has 0 fully saturated rings. The number of nitrogens with zero attached hydrogens (tertiary/aromatic N) is 3. The molecule has 5 rings (SSSR count). The van der Waals surface area contributed by atoms with Gasteiger partial charge < -0.3 is 20.2 Å². The third-order valence-electron chi connectivity index (χ3n) is 6.78. The van der Waals surface area contributed by atoms with Crippen LogP contribution in [0.4, 0.5) is 17.1 Å². The Morgan fingerprint density at radius 3 is 2.50 bits per heavy atom. The molecule has 3 aromatic rings. The van der Waals surface area contributed by atoms with Crippen LogP contribution in [0.15, 0.2) is 71.7 Å². The molecule has 38 heavy (non-hydrogen) atoms. The first-order valence-electron chi connectivity index (χ1n) is 12.2. The lowest BCUT2D eigenvalue weighted by Crippen LogP contribution is -2.34. The minimum Gasteiger partial charge on any atom is -0.478 e. The molecule has 0 aliphatic carbocycles. The number of hydrogen-bond donors (Lipinski definition) is 2. The van der Waals surface area contributed by atoms with Gasteiger partial charge in [0.15, 0.2) is 0 Å². The van der Waals surface area contributed by atoms with E-state index in [1.165, 1.54) is 17.0 Å². The van der Waals surface area contributed by atoms with Crippen molar-refractivity contribution in [2.45, 2.75) is 18.8 Å². The van der Waals surface area contributed by atoms with Crippen molar-refractivity contribution in [3.63, 3.8) is 0 Å². The number of carbonyl (C=O) groups excluding carboxylic acids is 3. The molecule has 2 heterocycles. The molecule has 2 aliphatic heterocycles. The van der Waals surface area contributed by atoms with Crippen molar-refractivity contribution in [1.82, 2.24) is 4.90 Å². The van der Waals surface area contributed by atoms with Crippen LogP contribution >= 0.6 is 0 Å². The van der Waals surface area contributed by atoms with Crippen LogP contribution in [0, 0.1) is 0 Å². The number of fused-ring (bicyclic) bond motifs is 2. The highest BCUT2D eigenvalue weighted by Crippen LogP contribution is 2.38. The standard InChI is InChI=1S/C29H26N4O5/c1-32(2)24(34)16-25(35)33-13-12-18-14-20(9-11-23(18)33)30-27(17-6-4-3-5-7-17)26-21-10-8-19(29(37)38)15-22(21)31-28(26)36/h3-11,14-15,26H,12-13,16H2,1-2H3,(H,31,36)(H,37,38). The molecule has 0 radical (unpaired) electrons. The average molecular weight is 511 g/mol. The quantitative estimate of drug-likeness (QED) is 0.388. The second-order valence-electron chi connectivity index (χ2n) is 9.47. The van der Waals surface area contributed by atoms with Gasteiger partial charge in [0.05, 0.1) is 17.0 Å². The smallest absolute Gasteiger partial charge is 0.335 e. The van der Waals surface area contributed by atoms with Crippen molar-refractivity contribution in [3.8, 4) is 0 Å². The summed E-state index contributed by atoms with van der Waals surface area (Å²) in [6.07, 6.45) is 0.441. The maximum atomic E-state index is 13.1. The second-order valence-corrected chi connectivity index (χ2v) is 9.47. The maximum Gasteiger partial charge on any atom is 0.335 e. The van der Waals surface area contributed by atoms with E-state index in [9.17, 15) is 24.3 Å². The summed E-state index contributed by atoms with van der Waals surface area (Å²) in [4.78, 5) is 57.3. The van der Waals surface area contributed by atoms with Crippen LogP contribution in [0.5, 0.6) is 0 Å². The highest BCUT2D eigenvalue weighted by Gasteiger charge is 2.36. The molecule has 1 atom stereocenters. The zero-order valence-corrected chi connectivity index (χ0v) is 21.0. The van der Waals surface area contributed by atoms with Crippen LogP contribution in [0.3, 0.4) is 0 Å². The predicted octanol–water partition coefficient (Wildman–Crippen LogP) is 3.61. The normalized spacial score (nSPS) is 16.1. The second kappa shape index (κ2) is 9.93. The van der Waals surface area contributed by atoms with E-state index < -0.39 is 11.9 Å². The van der Waals surface area contributed by atoms with Gasteiger partial charge in [-0.05, 0) is 53.4 Å². The lowest BCUT2D eigenvalue weighted by atomic mass is 9.90. The zero-order chi connectivity index (χ0) is 27.0. The van der Waals surface area contributed by atoms with E-state index in [0.29, 0.717) is 35.6 Å². The molecule has 9 nitrogen and oxygen atoms in total. The summed E-state index contributed by atoms with van der Waals surface area (Å²) in [7, 11) is 3.24. The maximum absolute atomic E-state index is 13.1. The van der Waals surface area contributed by atoms with Crippen LogP contribution in [0.1, 0.15) is 39.4 Å². The molecule has 0 saturated carbocycles. The highest BCUT2D eigenvalue weighted by atomic mass is 16.4. The molecule has 0 saturated heterocycles. The molecule has 0 bridgehead atoms. The Bertz CT molecular complexity index is 1500. The predicted molar refractivity (Wildman–Crippen MR) is 143 cm³/mol. The minimum absolute atomic E-state index is 0.0907. The summed E-state index contributed by atoms with van der Waals surface area (Å²) >= 11 is 0. The van der Waals surface area contributed by atoms with Crippen molar-refractivity contribution < 1.29 is 24.3 Å². The molecule has 0 aromatic heterocycles. The van der Waals surface area contributed by atoms with Crippen LogP contribution in [0.25, 0.3) is 0 Å². The number of nitrogens with one attached hydrogen (secondary N) is 1. The summed E-state index contributed by atoms with van der Waals surface area (Å²) in [6, 6.07) is 19.5. The SMILES string of the molecule is CN(C)C(=O)CC(=O)N1CCc2cc(N=C(c3ccccc3)C3C(=O)Nc4cc(C(=O)O)ccc43)ccc21. The number of benzene rings is 3. The number of amides is 3. The number of aromatic carboxylic acids is 1. The van der Waals surface area contributed by atoms with E-state index in [1.54, 1.807) is 31.1 Å². The molecule has 2 aliphatic rings. The number of rotatable bonds is 6. The van der Waals surface area contributed by atoms with Crippen molar-refractivity contribution in [2.24, 2.45) is 4.99 Å². The molecule has 1 unspecified atom stereocenters. The summed E-state index contributed by atoms with van der Waals surface area (Å²) in [5.41, 5.74) is 4.83. The topological polar surface area (TPSA) is 119 Å². The first-order valence-corrected chi connectivity index (χ1v) is 12.2. The molecule has 2 N–H and O–H groups in total. The van der Waals surface area contributed by atoms with Gasteiger partial charge in [-0.3, -0.25) is 19.4 Å². The summed E-state index contributed by atoms with van der Waals surface area (Å²) in [5.74, 6) is -2.57. The Morgan fingerprint density at radius 2 is 1.79 bits per heavy atom. The van der Waals surface area contributed by atoms with E-state index in [0.717, 1.165) is 16.8 Å². The number of carboxylic acid groups (broad SMARTS) is 1. The Kier molecular flexibility index (Phi) is 6.50. The first-order chi connectivity index (χ1) is 18.2. The fraction of sp³-hybridized carbons (Fsp3) is 0.207. The fourth-order valence-corrected chi connectivity index (χ4v) is 4.81. The van der Waals surface area contributed by atoms with Crippen molar-refractivity contribution in [1.29, 1.82) is 0 Å². The van der Waals surface area contributed by atoms with Gasteiger partial charge in [0, 0.05) is 32.0 Å². The first kappa shape index (κ1) is 24.9. The van der Waals surface area contributed by atoms with E-state index >= 15 is 0 Å². The van der Waals surface area contributed by atoms with Crippen LogP contribution < -0.4 is 10.2 Å². The summed E-state index contributed by atoms with van der Waals surface area (Å²) in [6.45, 7) is 0.484. The summed E-state index contributed by atoms with van der Waals surface area (Å²) < 4.78 is 0. The highest BCUT2D eigenvalue weighted by molar-refractivity contribution is 6.24. The van der Waals surface area contributed by atoms with Gasteiger partial charge in [-0.2, -0.15) is 0 Å². The molecule has 192 valence electrons. The lowest BCUT2D eigenvalue weighted by Gasteiger charge is -2.19. The number of carbonyl (C=O) groups is 4. The van der Waals surface area contributed by atoms with Crippen LogP contribution in [0.2, 0.25) is 0 Å². The van der Waals surface area contributed by atoms with E-state index in [1.807, 2.05) is 42.5 Å². The van der Waals surface area contributed by atoms with Gasteiger partial charge in [0.2, 0.25) is 17.7 Å². The van der Waals surface area contributed by atoms with Crippen LogP contribution in [-0.4, -0.2) is 60.0 Å². The van der Waals surface area contributed by atoms with Crippen molar-refractivity contribution >= 4 is 46.5 Å². The van der Waals surface area contributed by atoms with Gasteiger partial charge in [0.25, 0.3) is 0 Å². The minimum atomic E-state index is -1.07. The van der Waals surface area contributed by atoms with E-state index in [2.05, 4.69) is 5.32 Å². The number of carboxylic acids is 1. The zero-order valence-electron chi connectivity index (χ0n) is 21.0. The molecular formula is C29H26N4O5. The largest absolute Gasteiger partial charge is 0.478 e. The monoisotopic (exact) mass is 510 g/mol. The number of aliphatic imine (C=N–C) groups is 1. The average Bonchev–Trinajstić information content (AvgIpc) is 3.47. The van der Waals surface area contributed by atoms with E-state index in [-0.39, 0.29) is 29.7 Å². The molecule has 3 aromatic carbocycles. The van der Waals surface area contributed by atoms with Crippen LogP contribution in [-0.2, 0) is 20.8 Å².